The van der Waals surface area contributed by atoms with Gasteiger partial charge in [-0.3, -0.25) is 4.79 Å². The Morgan fingerprint density at radius 3 is 0.879 bits per heavy atom. The van der Waals surface area contributed by atoms with E-state index in [4.69, 9.17) is 0 Å². The van der Waals surface area contributed by atoms with Crippen molar-refractivity contribution in [3.05, 3.63) is 36.5 Å². The number of aliphatic hydroxyl groups is 2. The van der Waals surface area contributed by atoms with E-state index in [2.05, 4.69) is 43.5 Å². The minimum Gasteiger partial charge on any atom is -0.394 e. The Kier molecular flexibility index (Phi) is 56.7. The molecular weight excluding hydrogens is 807 g/mol. The lowest BCUT2D eigenvalue weighted by Gasteiger charge is -2.19. The van der Waals surface area contributed by atoms with E-state index in [9.17, 15) is 15.0 Å². The predicted octanol–water partition coefficient (Wildman–Crippen LogP) is 20.0. The summed E-state index contributed by atoms with van der Waals surface area (Å²) in [7, 11) is 0. The highest BCUT2D eigenvalue weighted by atomic mass is 16.3. The maximum atomic E-state index is 12.5. The molecule has 4 nitrogen and oxygen atoms in total. The lowest BCUT2D eigenvalue weighted by Crippen LogP contribution is -2.45. The first kappa shape index (κ1) is 64.6. The fraction of sp³-hybridized carbons (Fsp3) is 0.887. The van der Waals surface area contributed by atoms with Crippen molar-refractivity contribution in [1.29, 1.82) is 0 Å². The van der Waals surface area contributed by atoms with Crippen molar-refractivity contribution in [3.63, 3.8) is 0 Å². The van der Waals surface area contributed by atoms with Crippen LogP contribution in [0, 0.1) is 0 Å². The number of allylic oxidation sites excluding steroid dienone is 5. The van der Waals surface area contributed by atoms with Crippen molar-refractivity contribution in [1.82, 2.24) is 5.32 Å². The summed E-state index contributed by atoms with van der Waals surface area (Å²) >= 11 is 0. The third-order valence-electron chi connectivity index (χ3n) is 14.1. The van der Waals surface area contributed by atoms with Crippen LogP contribution in [0.25, 0.3) is 0 Å². The van der Waals surface area contributed by atoms with Crippen LogP contribution in [0.1, 0.15) is 335 Å². The summed E-state index contributed by atoms with van der Waals surface area (Å²) in [6.07, 6.45) is 79.1. The van der Waals surface area contributed by atoms with E-state index in [1.54, 1.807) is 6.08 Å². The van der Waals surface area contributed by atoms with Gasteiger partial charge in [-0.2, -0.15) is 0 Å². The Labute approximate surface area is 414 Å². The minimum absolute atomic E-state index is 0.0674. The highest BCUT2D eigenvalue weighted by Gasteiger charge is 2.18. The number of rotatable bonds is 56. The zero-order valence-electron chi connectivity index (χ0n) is 45.0. The molecule has 4 heteroatoms. The van der Waals surface area contributed by atoms with Crippen LogP contribution < -0.4 is 5.32 Å². The fourth-order valence-corrected chi connectivity index (χ4v) is 9.49. The summed E-state index contributed by atoms with van der Waals surface area (Å²) in [5.41, 5.74) is 0. The fourth-order valence-electron chi connectivity index (χ4n) is 9.49. The van der Waals surface area contributed by atoms with Crippen LogP contribution in [-0.4, -0.2) is 34.9 Å². The highest BCUT2D eigenvalue weighted by molar-refractivity contribution is 5.76. The van der Waals surface area contributed by atoms with Gasteiger partial charge in [-0.25, -0.2) is 0 Å². The molecule has 0 aromatic rings. The van der Waals surface area contributed by atoms with Crippen LogP contribution >= 0.6 is 0 Å². The third-order valence-corrected chi connectivity index (χ3v) is 14.1. The van der Waals surface area contributed by atoms with Crippen LogP contribution in [-0.2, 0) is 4.79 Å². The lowest BCUT2D eigenvalue weighted by molar-refractivity contribution is -0.123. The molecule has 390 valence electrons. The van der Waals surface area contributed by atoms with Gasteiger partial charge in [-0.05, 0) is 57.8 Å². The van der Waals surface area contributed by atoms with Gasteiger partial charge in [0.25, 0.3) is 0 Å². The van der Waals surface area contributed by atoms with Gasteiger partial charge in [0.1, 0.15) is 0 Å². The van der Waals surface area contributed by atoms with E-state index in [-0.39, 0.29) is 12.5 Å². The minimum atomic E-state index is -0.861. The molecule has 2 unspecified atom stereocenters. The molecule has 1 amide bonds. The van der Waals surface area contributed by atoms with Crippen LogP contribution in [0.3, 0.4) is 0 Å². The van der Waals surface area contributed by atoms with Gasteiger partial charge < -0.3 is 15.5 Å². The number of carbonyl (C=O) groups excluding carboxylic acids is 1. The second kappa shape index (κ2) is 57.9. The second-order valence-corrected chi connectivity index (χ2v) is 20.8. The number of aliphatic hydroxyl groups excluding tert-OH is 2. The standard InChI is InChI=1S/C62H119NO3/c1-3-5-7-9-11-13-15-17-19-21-23-24-25-26-27-28-29-30-31-32-33-34-35-36-37-38-40-42-44-46-48-50-52-54-56-58-62(66)63-60(59-64)61(65)57-55-53-51-49-47-45-43-41-39-22-20-18-16-14-12-10-8-6-4-2/h21,23,47,49,55,57,60-61,64-65H,3-20,22,24-46,48,50-54,56,58-59H2,1-2H3,(H,63,66)/b23-21-,49-47+,57-55+. The van der Waals surface area contributed by atoms with Crippen LogP contribution in [0.5, 0.6) is 0 Å². The number of hydrogen-bond donors (Lipinski definition) is 3. The molecule has 0 aromatic carbocycles. The van der Waals surface area contributed by atoms with Gasteiger partial charge in [0.05, 0.1) is 18.8 Å². The maximum absolute atomic E-state index is 12.5. The zero-order chi connectivity index (χ0) is 47.7. The van der Waals surface area contributed by atoms with E-state index in [0.29, 0.717) is 6.42 Å². The highest BCUT2D eigenvalue weighted by Crippen LogP contribution is 2.18. The first-order valence-corrected chi connectivity index (χ1v) is 30.2. The quantitative estimate of drug-likeness (QED) is 0.0420. The van der Waals surface area contributed by atoms with Gasteiger partial charge in [-0.15, -0.1) is 0 Å². The smallest absolute Gasteiger partial charge is 0.220 e. The molecule has 0 aromatic heterocycles. The Hall–Kier alpha value is -1.39. The number of nitrogens with one attached hydrogen (secondary N) is 1. The molecule has 0 aliphatic heterocycles. The Bertz CT molecular complexity index is 1010. The Morgan fingerprint density at radius 2 is 0.591 bits per heavy atom. The van der Waals surface area contributed by atoms with Crippen LogP contribution in [0.2, 0.25) is 0 Å². The molecule has 0 radical (unpaired) electrons. The van der Waals surface area contributed by atoms with Crippen molar-refractivity contribution in [3.8, 4) is 0 Å². The first-order chi connectivity index (χ1) is 32.7. The average Bonchev–Trinajstić information content (AvgIpc) is 3.32. The Balaban J connectivity index is 3.43. The van der Waals surface area contributed by atoms with Crippen molar-refractivity contribution in [2.45, 2.75) is 347 Å². The van der Waals surface area contributed by atoms with E-state index >= 15 is 0 Å². The zero-order valence-corrected chi connectivity index (χ0v) is 45.0. The van der Waals surface area contributed by atoms with E-state index < -0.39 is 12.1 Å². The van der Waals surface area contributed by atoms with Gasteiger partial charge in [0.15, 0.2) is 0 Å². The normalized spacial score (nSPS) is 13.0. The summed E-state index contributed by atoms with van der Waals surface area (Å²) in [6.45, 7) is 4.33. The van der Waals surface area contributed by atoms with Crippen LogP contribution in [0.15, 0.2) is 36.5 Å². The molecule has 0 aliphatic rings. The topological polar surface area (TPSA) is 69.6 Å². The van der Waals surface area contributed by atoms with Crippen molar-refractivity contribution >= 4 is 5.91 Å². The molecule has 2 atom stereocenters. The summed E-state index contributed by atoms with van der Waals surface area (Å²) in [6, 6.07) is -0.637. The Morgan fingerprint density at radius 1 is 0.348 bits per heavy atom. The summed E-state index contributed by atoms with van der Waals surface area (Å²) < 4.78 is 0. The molecule has 0 heterocycles. The summed E-state index contributed by atoms with van der Waals surface area (Å²) in [5.74, 6) is -0.0674. The van der Waals surface area contributed by atoms with Gasteiger partial charge in [0.2, 0.25) is 5.91 Å². The van der Waals surface area contributed by atoms with E-state index in [0.717, 1.165) is 32.1 Å². The van der Waals surface area contributed by atoms with Crippen molar-refractivity contribution in [2.75, 3.05) is 6.61 Å². The van der Waals surface area contributed by atoms with Crippen molar-refractivity contribution in [2.24, 2.45) is 0 Å². The monoisotopic (exact) mass is 926 g/mol. The van der Waals surface area contributed by atoms with Gasteiger partial charge in [0, 0.05) is 6.42 Å². The van der Waals surface area contributed by atoms with E-state index in [1.165, 1.54) is 283 Å². The molecule has 0 rings (SSSR count). The molecule has 0 aliphatic carbocycles. The number of amides is 1. The molecule has 0 saturated carbocycles. The molecule has 0 fully saturated rings. The first-order valence-electron chi connectivity index (χ1n) is 30.2. The number of unbranched alkanes of at least 4 members (excludes halogenated alkanes) is 45. The molecule has 66 heavy (non-hydrogen) atoms. The third kappa shape index (κ3) is 53.6. The SMILES string of the molecule is CCCCCCCCCC/C=C\CCCCCCCCCCCCCCCCCCCCCCCCCC(=O)NC(CO)C(O)/C=C/CC/C=C/CCCCCCCCCCCCCCC. The molecule has 0 bridgehead atoms. The molecular formula is C62H119NO3. The predicted molar refractivity (Wildman–Crippen MR) is 295 cm³/mol. The van der Waals surface area contributed by atoms with E-state index in [1.807, 2.05) is 6.08 Å². The number of hydrogen-bond acceptors (Lipinski definition) is 3. The molecule has 3 N–H and O–H groups in total. The van der Waals surface area contributed by atoms with Gasteiger partial charge in [-0.1, -0.05) is 307 Å². The van der Waals surface area contributed by atoms with Gasteiger partial charge >= 0.3 is 0 Å². The summed E-state index contributed by atoms with van der Waals surface area (Å²) in [5, 5.41) is 23.1. The summed E-state index contributed by atoms with van der Waals surface area (Å²) in [4.78, 5) is 12.5. The second-order valence-electron chi connectivity index (χ2n) is 20.8. The average molecular weight is 927 g/mol. The maximum Gasteiger partial charge on any atom is 0.220 e. The number of carbonyl (C=O) groups is 1. The van der Waals surface area contributed by atoms with Crippen LogP contribution in [0.4, 0.5) is 0 Å². The lowest BCUT2D eigenvalue weighted by atomic mass is 10.0. The molecule has 0 spiro atoms. The van der Waals surface area contributed by atoms with Crippen molar-refractivity contribution < 1.29 is 15.0 Å². The largest absolute Gasteiger partial charge is 0.394 e. The molecule has 0 saturated heterocycles.